The van der Waals surface area contributed by atoms with Crippen molar-refractivity contribution in [2.24, 2.45) is 5.73 Å². The van der Waals surface area contributed by atoms with Gasteiger partial charge in [-0.2, -0.15) is 0 Å². The Bertz CT molecular complexity index is 1040. The van der Waals surface area contributed by atoms with Crippen LogP contribution in [0.3, 0.4) is 0 Å². The van der Waals surface area contributed by atoms with E-state index >= 15 is 0 Å². The number of nitrogens with zero attached hydrogens (tertiary/aromatic N) is 1. The number of hydrogen-bond acceptors (Lipinski definition) is 6. The average molecular weight is 405 g/mol. The number of carbonyl (C=O) groups excluding carboxylic acids is 1. The van der Waals surface area contributed by atoms with Gasteiger partial charge in [0.15, 0.2) is 0 Å². The van der Waals surface area contributed by atoms with Crippen molar-refractivity contribution in [2.45, 2.75) is 44.7 Å². The number of aromatic nitrogens is 1. The highest BCUT2D eigenvalue weighted by molar-refractivity contribution is 6.06. The highest BCUT2D eigenvalue weighted by atomic mass is 16.5. The molecule has 1 aliphatic carbocycles. The van der Waals surface area contributed by atoms with Gasteiger partial charge in [0.2, 0.25) is 0 Å². The summed E-state index contributed by atoms with van der Waals surface area (Å²) in [6.07, 6.45) is 5.45. The fourth-order valence-corrected chi connectivity index (χ4v) is 4.01. The van der Waals surface area contributed by atoms with Crippen molar-refractivity contribution >= 4 is 22.6 Å². The fourth-order valence-electron chi connectivity index (χ4n) is 4.01. The molecule has 0 atom stereocenters. The fraction of sp³-hybridized carbons (Fsp3) is 0.333. The molecule has 6 nitrogen and oxygen atoms in total. The van der Waals surface area contributed by atoms with E-state index in [9.17, 15) is 9.90 Å². The normalized spacial score (nSPS) is 18.9. The minimum absolute atomic E-state index is 0.226. The smallest absolute Gasteiger partial charge is 0.341 e. The maximum atomic E-state index is 12.6. The Labute approximate surface area is 176 Å². The molecule has 1 fully saturated rings. The van der Waals surface area contributed by atoms with Gasteiger partial charge in [0, 0.05) is 23.7 Å². The van der Waals surface area contributed by atoms with E-state index in [0.717, 1.165) is 53.4 Å². The summed E-state index contributed by atoms with van der Waals surface area (Å²) in [5, 5.41) is 14.1. The Balaban J connectivity index is 1.79. The summed E-state index contributed by atoms with van der Waals surface area (Å²) in [5.41, 5.74) is 10.0. The van der Waals surface area contributed by atoms with Crippen LogP contribution in [0.15, 0.2) is 48.7 Å². The van der Waals surface area contributed by atoms with Crippen LogP contribution in [0.4, 0.5) is 5.69 Å². The third-order valence-corrected chi connectivity index (χ3v) is 5.68. The van der Waals surface area contributed by atoms with Gasteiger partial charge in [-0.25, -0.2) is 4.79 Å². The van der Waals surface area contributed by atoms with Crippen LogP contribution in [0.25, 0.3) is 22.0 Å². The van der Waals surface area contributed by atoms with E-state index in [1.165, 1.54) is 0 Å². The van der Waals surface area contributed by atoms with Gasteiger partial charge >= 0.3 is 5.97 Å². The number of fused-ring (bicyclic) bond motifs is 1. The minimum Gasteiger partial charge on any atom is -0.508 e. The molecule has 0 aliphatic heterocycles. The molecule has 1 heterocycles. The van der Waals surface area contributed by atoms with E-state index in [2.05, 4.69) is 10.3 Å². The van der Waals surface area contributed by atoms with Crippen molar-refractivity contribution in [3.05, 3.63) is 54.2 Å². The number of aromatic hydroxyl groups is 1. The minimum atomic E-state index is -0.378. The molecule has 6 heteroatoms. The number of pyridine rings is 1. The number of nitrogens with two attached hydrogens (primary N) is 1. The summed E-state index contributed by atoms with van der Waals surface area (Å²) in [6, 6.07) is 13.6. The lowest BCUT2D eigenvalue weighted by atomic mass is 9.91. The molecular formula is C24H27N3O3. The average Bonchev–Trinajstić information content (AvgIpc) is 2.76. The van der Waals surface area contributed by atoms with E-state index in [4.69, 9.17) is 10.5 Å². The lowest BCUT2D eigenvalue weighted by molar-refractivity contribution is 0.0527. The van der Waals surface area contributed by atoms with Crippen LogP contribution >= 0.6 is 0 Å². The molecule has 4 N–H and O–H groups in total. The number of phenols is 1. The van der Waals surface area contributed by atoms with Crippen molar-refractivity contribution in [1.82, 2.24) is 4.98 Å². The first-order chi connectivity index (χ1) is 14.5. The van der Waals surface area contributed by atoms with Gasteiger partial charge in [-0.05, 0) is 68.0 Å². The Hall–Kier alpha value is -3.12. The van der Waals surface area contributed by atoms with Gasteiger partial charge in [-0.3, -0.25) is 4.98 Å². The van der Waals surface area contributed by atoms with Crippen molar-refractivity contribution < 1.29 is 14.6 Å². The van der Waals surface area contributed by atoms with Crippen molar-refractivity contribution in [1.29, 1.82) is 0 Å². The van der Waals surface area contributed by atoms with Crippen molar-refractivity contribution in [3.8, 4) is 16.9 Å². The first kappa shape index (κ1) is 20.2. The van der Waals surface area contributed by atoms with Crippen LogP contribution in [0.2, 0.25) is 0 Å². The van der Waals surface area contributed by atoms with Crippen LogP contribution in [0, 0.1) is 0 Å². The Morgan fingerprint density at radius 2 is 1.83 bits per heavy atom. The second-order valence-corrected chi connectivity index (χ2v) is 7.80. The molecule has 0 amide bonds. The van der Waals surface area contributed by atoms with Crippen LogP contribution in [-0.4, -0.2) is 34.8 Å². The number of rotatable bonds is 5. The molecule has 0 bridgehead atoms. The van der Waals surface area contributed by atoms with Gasteiger partial charge in [0.1, 0.15) is 11.3 Å². The van der Waals surface area contributed by atoms with E-state index in [-0.39, 0.29) is 23.8 Å². The second-order valence-electron chi connectivity index (χ2n) is 7.80. The maximum absolute atomic E-state index is 12.6. The number of hydrogen-bond donors (Lipinski definition) is 3. The molecule has 3 aromatic rings. The standard InChI is InChI=1S/C24H27N3O3/c1-2-30-24(29)21-14-26-22-12-5-16(15-3-10-19(28)11-4-15)13-20(22)23(21)27-18-8-6-17(25)7-9-18/h3-5,10-14,17-18,28H,2,6-9,25H2,1H3,(H,26,27)/t17-,18-. The molecule has 1 aliphatic rings. The van der Waals surface area contributed by atoms with Crippen LogP contribution in [0.5, 0.6) is 5.75 Å². The van der Waals surface area contributed by atoms with Gasteiger partial charge in [0.25, 0.3) is 0 Å². The number of phenolic OH excluding ortho intramolecular Hbond substituents is 1. The first-order valence-electron chi connectivity index (χ1n) is 10.5. The quantitative estimate of drug-likeness (QED) is 0.542. The van der Waals surface area contributed by atoms with Crippen LogP contribution in [0.1, 0.15) is 43.0 Å². The number of benzene rings is 2. The zero-order valence-corrected chi connectivity index (χ0v) is 17.1. The zero-order valence-electron chi connectivity index (χ0n) is 17.1. The van der Waals surface area contributed by atoms with Crippen LogP contribution in [-0.2, 0) is 4.74 Å². The molecule has 0 saturated heterocycles. The number of nitrogens with one attached hydrogen (secondary N) is 1. The Morgan fingerprint density at radius 3 is 2.53 bits per heavy atom. The molecular weight excluding hydrogens is 378 g/mol. The lowest BCUT2D eigenvalue weighted by Crippen LogP contribution is -2.33. The summed E-state index contributed by atoms with van der Waals surface area (Å²) in [4.78, 5) is 17.1. The topological polar surface area (TPSA) is 97.5 Å². The van der Waals surface area contributed by atoms with Crippen LogP contribution < -0.4 is 11.1 Å². The lowest BCUT2D eigenvalue weighted by Gasteiger charge is -2.28. The maximum Gasteiger partial charge on any atom is 0.341 e. The molecule has 4 rings (SSSR count). The SMILES string of the molecule is CCOC(=O)c1cnc2ccc(-c3ccc(O)cc3)cc2c1N[C@H]1CC[C@H](N)CC1. The molecule has 1 aromatic heterocycles. The molecule has 0 radical (unpaired) electrons. The van der Waals surface area contributed by atoms with Gasteiger partial charge in [-0.15, -0.1) is 0 Å². The Kier molecular flexibility index (Phi) is 5.86. The molecule has 156 valence electrons. The van der Waals surface area contributed by atoms with Gasteiger partial charge in [-0.1, -0.05) is 18.2 Å². The van der Waals surface area contributed by atoms with Crippen molar-refractivity contribution in [2.75, 3.05) is 11.9 Å². The summed E-state index contributed by atoms with van der Waals surface area (Å²) < 4.78 is 5.29. The third kappa shape index (κ3) is 4.24. The van der Waals surface area contributed by atoms with E-state index in [0.29, 0.717) is 12.2 Å². The monoisotopic (exact) mass is 405 g/mol. The molecule has 2 aromatic carbocycles. The van der Waals surface area contributed by atoms with Crippen molar-refractivity contribution in [3.63, 3.8) is 0 Å². The first-order valence-corrected chi connectivity index (χ1v) is 10.5. The van der Waals surface area contributed by atoms with Gasteiger partial charge < -0.3 is 20.9 Å². The van der Waals surface area contributed by atoms with E-state index in [1.807, 2.05) is 30.3 Å². The number of ether oxygens (including phenoxy) is 1. The molecule has 30 heavy (non-hydrogen) atoms. The number of esters is 1. The third-order valence-electron chi connectivity index (χ3n) is 5.68. The predicted octanol–water partition coefficient (Wildman–Crippen LogP) is 4.47. The van der Waals surface area contributed by atoms with E-state index < -0.39 is 0 Å². The summed E-state index contributed by atoms with van der Waals surface area (Å²) in [6.45, 7) is 2.10. The summed E-state index contributed by atoms with van der Waals surface area (Å²) in [5.74, 6) is -0.152. The zero-order chi connectivity index (χ0) is 21.1. The molecule has 1 saturated carbocycles. The molecule has 0 spiro atoms. The number of carbonyl (C=O) groups is 1. The summed E-state index contributed by atoms with van der Waals surface area (Å²) in [7, 11) is 0. The van der Waals surface area contributed by atoms with Gasteiger partial charge in [0.05, 0.1) is 17.8 Å². The number of anilines is 1. The summed E-state index contributed by atoms with van der Waals surface area (Å²) >= 11 is 0. The van der Waals surface area contributed by atoms with E-state index in [1.54, 1.807) is 25.3 Å². The largest absolute Gasteiger partial charge is 0.508 e. The Morgan fingerprint density at radius 1 is 1.13 bits per heavy atom. The highest BCUT2D eigenvalue weighted by Crippen LogP contribution is 2.33. The highest BCUT2D eigenvalue weighted by Gasteiger charge is 2.23. The predicted molar refractivity (Wildman–Crippen MR) is 119 cm³/mol. The molecule has 0 unspecified atom stereocenters. The second kappa shape index (κ2) is 8.71.